The van der Waals surface area contributed by atoms with Gasteiger partial charge >= 0.3 is 6.18 Å². The number of hydrogen-bond acceptors (Lipinski definition) is 3. The molecule has 0 spiro atoms. The van der Waals surface area contributed by atoms with Crippen molar-refractivity contribution in [1.82, 2.24) is 5.32 Å². The first kappa shape index (κ1) is 17.7. The number of aryl methyl sites for hydroxylation is 1. The summed E-state index contributed by atoms with van der Waals surface area (Å²) in [5.74, 6) is -0.309. The molecule has 1 aromatic rings. The van der Waals surface area contributed by atoms with Crippen molar-refractivity contribution >= 4 is 23.2 Å². The van der Waals surface area contributed by atoms with Crippen molar-refractivity contribution < 1.29 is 22.7 Å². The molecule has 1 amide bonds. The maximum absolute atomic E-state index is 11.8. The number of amides is 1. The first-order valence-electron chi connectivity index (χ1n) is 6.19. The summed E-state index contributed by atoms with van der Waals surface area (Å²) >= 11 is 5.82. The van der Waals surface area contributed by atoms with Crippen LogP contribution in [0.15, 0.2) is 18.2 Å². The third kappa shape index (κ3) is 7.89. The van der Waals surface area contributed by atoms with Crippen molar-refractivity contribution in [2.75, 3.05) is 31.6 Å². The van der Waals surface area contributed by atoms with E-state index in [0.717, 1.165) is 5.56 Å². The summed E-state index contributed by atoms with van der Waals surface area (Å²) in [5.41, 5.74) is 1.46. The van der Waals surface area contributed by atoms with Crippen LogP contribution in [0.4, 0.5) is 18.9 Å². The van der Waals surface area contributed by atoms with Gasteiger partial charge in [0.05, 0.1) is 13.2 Å². The van der Waals surface area contributed by atoms with E-state index in [0.29, 0.717) is 10.7 Å². The minimum absolute atomic E-state index is 0.0265. The van der Waals surface area contributed by atoms with Gasteiger partial charge in [0.15, 0.2) is 0 Å². The van der Waals surface area contributed by atoms with Gasteiger partial charge < -0.3 is 15.4 Å². The molecule has 0 aliphatic rings. The number of carbonyl (C=O) groups is 1. The van der Waals surface area contributed by atoms with E-state index in [1.54, 1.807) is 18.2 Å². The number of anilines is 1. The van der Waals surface area contributed by atoms with Gasteiger partial charge in [0, 0.05) is 17.3 Å². The second-order valence-corrected chi connectivity index (χ2v) is 4.79. The van der Waals surface area contributed by atoms with E-state index in [2.05, 4.69) is 15.4 Å². The molecule has 0 radical (unpaired) electrons. The highest BCUT2D eigenvalue weighted by Crippen LogP contribution is 2.19. The maximum atomic E-state index is 11.8. The predicted octanol–water partition coefficient (Wildman–Crippen LogP) is 2.76. The molecule has 2 N–H and O–H groups in total. The van der Waals surface area contributed by atoms with Gasteiger partial charge in [-0.3, -0.25) is 4.79 Å². The minimum atomic E-state index is -4.33. The van der Waals surface area contributed by atoms with Crippen molar-refractivity contribution in [3.63, 3.8) is 0 Å². The molecule has 4 nitrogen and oxygen atoms in total. The van der Waals surface area contributed by atoms with Gasteiger partial charge in [-0.25, -0.2) is 0 Å². The zero-order valence-electron chi connectivity index (χ0n) is 11.4. The molecule has 0 atom stereocenters. The number of alkyl halides is 3. The predicted molar refractivity (Wildman–Crippen MR) is 74.6 cm³/mol. The normalized spacial score (nSPS) is 11.5. The van der Waals surface area contributed by atoms with Gasteiger partial charge in [-0.1, -0.05) is 17.7 Å². The van der Waals surface area contributed by atoms with Gasteiger partial charge in [-0.2, -0.15) is 13.2 Å². The lowest BCUT2D eigenvalue weighted by molar-refractivity contribution is -0.173. The fraction of sp³-hybridized carbons (Fsp3) is 0.462. The lowest BCUT2D eigenvalue weighted by atomic mass is 10.2. The Morgan fingerprint density at radius 2 is 2.10 bits per heavy atom. The lowest BCUT2D eigenvalue weighted by Gasteiger charge is -2.10. The number of benzene rings is 1. The number of hydrogen-bond donors (Lipinski definition) is 2. The topological polar surface area (TPSA) is 50.4 Å². The molecule has 0 aliphatic carbocycles. The van der Waals surface area contributed by atoms with Crippen molar-refractivity contribution in [1.29, 1.82) is 0 Å². The minimum Gasteiger partial charge on any atom is -0.371 e. The second kappa shape index (κ2) is 8.21. The third-order valence-electron chi connectivity index (χ3n) is 2.45. The van der Waals surface area contributed by atoms with Crippen LogP contribution in [0.2, 0.25) is 5.02 Å². The van der Waals surface area contributed by atoms with Crippen molar-refractivity contribution in [2.45, 2.75) is 13.1 Å². The zero-order valence-corrected chi connectivity index (χ0v) is 12.1. The van der Waals surface area contributed by atoms with E-state index < -0.39 is 12.8 Å². The second-order valence-electron chi connectivity index (χ2n) is 4.35. The zero-order chi connectivity index (χ0) is 15.9. The molecule has 0 saturated heterocycles. The molecular formula is C13H16ClF3N2O2. The molecule has 0 aromatic heterocycles. The van der Waals surface area contributed by atoms with Crippen LogP contribution < -0.4 is 10.6 Å². The summed E-state index contributed by atoms with van der Waals surface area (Å²) in [6.45, 7) is 0.537. The molecule has 8 heteroatoms. The summed E-state index contributed by atoms with van der Waals surface area (Å²) in [6, 6.07) is 5.11. The molecule has 1 rings (SSSR count). The summed E-state index contributed by atoms with van der Waals surface area (Å²) in [5, 5.41) is 5.85. The van der Waals surface area contributed by atoms with Gasteiger partial charge in [0.1, 0.15) is 6.61 Å². The molecule has 1 aromatic carbocycles. The van der Waals surface area contributed by atoms with Gasteiger partial charge in [0.2, 0.25) is 5.91 Å². The SMILES string of the molecule is Cc1ccc(Cl)cc1NC(=O)CNCCOCC(F)(F)F. The molecule has 0 unspecified atom stereocenters. The van der Waals surface area contributed by atoms with E-state index in [9.17, 15) is 18.0 Å². The number of halogens is 4. The summed E-state index contributed by atoms with van der Waals surface area (Å²) < 4.78 is 39.8. The van der Waals surface area contributed by atoms with E-state index >= 15 is 0 Å². The van der Waals surface area contributed by atoms with Crippen LogP contribution in [0.1, 0.15) is 5.56 Å². The largest absolute Gasteiger partial charge is 0.411 e. The molecule has 0 aliphatic heterocycles. The lowest BCUT2D eigenvalue weighted by Crippen LogP contribution is -2.31. The first-order chi connectivity index (χ1) is 9.78. The van der Waals surface area contributed by atoms with E-state index in [-0.39, 0.29) is 25.6 Å². The van der Waals surface area contributed by atoms with Crippen LogP contribution in [0.25, 0.3) is 0 Å². The molecule has 118 valence electrons. The Balaban J connectivity index is 2.21. The Morgan fingerprint density at radius 1 is 1.38 bits per heavy atom. The summed E-state index contributed by atoms with van der Waals surface area (Å²) in [4.78, 5) is 11.6. The van der Waals surface area contributed by atoms with Crippen LogP contribution in [-0.4, -0.2) is 38.4 Å². The van der Waals surface area contributed by atoms with E-state index in [1.165, 1.54) is 0 Å². The Labute approximate surface area is 125 Å². The van der Waals surface area contributed by atoms with Gasteiger partial charge in [-0.15, -0.1) is 0 Å². The molecular weight excluding hydrogens is 309 g/mol. The Bertz CT molecular complexity index is 481. The Morgan fingerprint density at radius 3 is 2.76 bits per heavy atom. The quantitative estimate of drug-likeness (QED) is 0.758. The molecule has 21 heavy (non-hydrogen) atoms. The van der Waals surface area contributed by atoms with Crippen molar-refractivity contribution in [3.05, 3.63) is 28.8 Å². The fourth-order valence-electron chi connectivity index (χ4n) is 1.46. The molecule has 0 bridgehead atoms. The monoisotopic (exact) mass is 324 g/mol. The smallest absolute Gasteiger partial charge is 0.371 e. The van der Waals surface area contributed by atoms with E-state index in [4.69, 9.17) is 11.6 Å². The molecule has 0 saturated carbocycles. The van der Waals surface area contributed by atoms with Crippen LogP contribution in [-0.2, 0) is 9.53 Å². The highest BCUT2D eigenvalue weighted by atomic mass is 35.5. The highest BCUT2D eigenvalue weighted by molar-refractivity contribution is 6.31. The average molecular weight is 325 g/mol. The third-order valence-corrected chi connectivity index (χ3v) is 2.68. The fourth-order valence-corrected chi connectivity index (χ4v) is 1.63. The van der Waals surface area contributed by atoms with Crippen LogP contribution in [0, 0.1) is 6.92 Å². The van der Waals surface area contributed by atoms with Crippen LogP contribution in [0.3, 0.4) is 0 Å². The standard InChI is InChI=1S/C13H16ClF3N2O2/c1-9-2-3-10(14)6-11(9)19-12(20)7-18-4-5-21-8-13(15,16)17/h2-3,6,18H,4-5,7-8H2,1H3,(H,19,20). The molecule has 0 fully saturated rings. The number of carbonyl (C=O) groups excluding carboxylic acids is 1. The molecule has 0 heterocycles. The van der Waals surface area contributed by atoms with Crippen LogP contribution >= 0.6 is 11.6 Å². The van der Waals surface area contributed by atoms with E-state index in [1.807, 2.05) is 6.92 Å². The van der Waals surface area contributed by atoms with Crippen molar-refractivity contribution in [2.24, 2.45) is 0 Å². The first-order valence-corrected chi connectivity index (χ1v) is 6.57. The number of rotatable bonds is 7. The summed E-state index contributed by atoms with van der Waals surface area (Å²) in [7, 11) is 0. The van der Waals surface area contributed by atoms with Crippen LogP contribution in [0.5, 0.6) is 0 Å². The Hall–Kier alpha value is -1.31. The highest BCUT2D eigenvalue weighted by Gasteiger charge is 2.27. The summed E-state index contributed by atoms with van der Waals surface area (Å²) in [6.07, 6.45) is -4.33. The maximum Gasteiger partial charge on any atom is 0.411 e. The van der Waals surface area contributed by atoms with Gasteiger partial charge in [-0.05, 0) is 24.6 Å². The van der Waals surface area contributed by atoms with Gasteiger partial charge in [0.25, 0.3) is 0 Å². The Kier molecular flexibility index (Phi) is 6.94. The average Bonchev–Trinajstić information content (AvgIpc) is 2.37. The number of nitrogens with one attached hydrogen (secondary N) is 2. The van der Waals surface area contributed by atoms with Crippen molar-refractivity contribution in [3.8, 4) is 0 Å². The number of ether oxygens (including phenoxy) is 1.